The second kappa shape index (κ2) is 6.51. The Morgan fingerprint density at radius 1 is 1.50 bits per heavy atom. The number of carboxylic acid groups (broad SMARTS) is 1. The fourth-order valence-corrected chi connectivity index (χ4v) is 2.33. The maximum Gasteiger partial charge on any atom is 0.325 e. The maximum atomic E-state index is 11.9. The molecule has 1 fully saturated rings. The molecule has 0 aromatic rings. The fourth-order valence-electron chi connectivity index (χ4n) is 2.33. The number of rotatable bonds is 7. The third kappa shape index (κ3) is 3.16. The van der Waals surface area contributed by atoms with Gasteiger partial charge in [0.1, 0.15) is 13.2 Å². The van der Waals surface area contributed by atoms with Crippen LogP contribution >= 0.6 is 0 Å². The van der Waals surface area contributed by atoms with Gasteiger partial charge in [0.05, 0.1) is 24.0 Å². The van der Waals surface area contributed by atoms with Crippen LogP contribution in [0.1, 0.15) is 13.8 Å². The van der Waals surface area contributed by atoms with Crippen molar-refractivity contribution in [2.24, 2.45) is 11.8 Å². The summed E-state index contributed by atoms with van der Waals surface area (Å²) < 4.78 is 4.77. The molecular weight excluding hydrogens is 266 g/mol. The number of nitrogens with zero attached hydrogens (tertiary/aromatic N) is 1. The van der Waals surface area contributed by atoms with Gasteiger partial charge in [-0.25, -0.2) is 0 Å². The maximum absolute atomic E-state index is 11.9. The molecule has 0 radical (unpaired) electrons. The molecule has 7 heteroatoms. The highest BCUT2D eigenvalue weighted by Crippen LogP contribution is 2.34. The van der Waals surface area contributed by atoms with Crippen LogP contribution in [0, 0.1) is 11.8 Å². The molecule has 0 bridgehead atoms. The first-order valence-electron chi connectivity index (χ1n) is 6.29. The van der Waals surface area contributed by atoms with Gasteiger partial charge in [-0.1, -0.05) is 12.7 Å². The van der Waals surface area contributed by atoms with Gasteiger partial charge < -0.3 is 19.8 Å². The Labute approximate surface area is 116 Å². The van der Waals surface area contributed by atoms with Crippen molar-refractivity contribution in [2.45, 2.75) is 26.0 Å². The molecule has 20 heavy (non-hydrogen) atoms. The minimum atomic E-state index is -1.09. The van der Waals surface area contributed by atoms with Crippen molar-refractivity contribution < 1.29 is 29.3 Å². The van der Waals surface area contributed by atoms with Crippen molar-refractivity contribution in [1.29, 1.82) is 0 Å². The minimum absolute atomic E-state index is 0.0276. The summed E-state index contributed by atoms with van der Waals surface area (Å²) in [5, 5.41) is 18.6. The summed E-state index contributed by atoms with van der Waals surface area (Å²) in [5.74, 6) is -3.83. The summed E-state index contributed by atoms with van der Waals surface area (Å²) in [7, 11) is 0. The molecule has 0 aromatic carbocycles. The third-order valence-electron chi connectivity index (χ3n) is 3.38. The molecule has 1 heterocycles. The van der Waals surface area contributed by atoms with Gasteiger partial charge in [-0.3, -0.25) is 14.4 Å². The molecule has 4 unspecified atom stereocenters. The molecule has 1 aliphatic rings. The predicted molar refractivity (Wildman–Crippen MR) is 68.6 cm³/mol. The van der Waals surface area contributed by atoms with Crippen LogP contribution in [0.25, 0.3) is 0 Å². The average molecular weight is 285 g/mol. The van der Waals surface area contributed by atoms with Crippen molar-refractivity contribution >= 4 is 17.8 Å². The predicted octanol–water partition coefficient (Wildman–Crippen LogP) is -0.356. The summed E-state index contributed by atoms with van der Waals surface area (Å²) in [5.41, 5.74) is 0. The molecule has 1 rings (SSSR count). The van der Waals surface area contributed by atoms with Crippen LogP contribution in [0.2, 0.25) is 0 Å². The second-order valence-corrected chi connectivity index (χ2v) is 4.82. The Morgan fingerprint density at radius 2 is 2.10 bits per heavy atom. The van der Waals surface area contributed by atoms with Gasteiger partial charge in [0, 0.05) is 0 Å². The highest BCUT2D eigenvalue weighted by molar-refractivity contribution is 5.91. The highest BCUT2D eigenvalue weighted by Gasteiger charge is 2.54. The Balaban J connectivity index is 2.78. The van der Waals surface area contributed by atoms with Crippen molar-refractivity contribution in [2.75, 3.05) is 13.2 Å². The van der Waals surface area contributed by atoms with Crippen molar-refractivity contribution in [3.8, 4) is 0 Å². The van der Waals surface area contributed by atoms with E-state index in [4.69, 9.17) is 9.84 Å². The number of carboxylic acids is 1. The van der Waals surface area contributed by atoms with Gasteiger partial charge in [-0.05, 0) is 13.8 Å². The summed E-state index contributed by atoms with van der Waals surface area (Å²) in [6.07, 6.45) is 0.431. The van der Waals surface area contributed by atoms with Crippen LogP contribution in [0.4, 0.5) is 0 Å². The zero-order valence-electron chi connectivity index (χ0n) is 11.5. The topological polar surface area (TPSA) is 104 Å². The van der Waals surface area contributed by atoms with E-state index in [0.29, 0.717) is 0 Å². The average Bonchev–Trinajstić information content (AvgIpc) is 2.37. The van der Waals surface area contributed by atoms with Crippen LogP contribution in [0.15, 0.2) is 12.7 Å². The van der Waals surface area contributed by atoms with Crippen LogP contribution in [-0.2, 0) is 19.1 Å². The van der Waals surface area contributed by atoms with Crippen LogP contribution in [-0.4, -0.2) is 58.3 Å². The Morgan fingerprint density at radius 3 is 2.55 bits per heavy atom. The number of carbonyl (C=O) groups excluding carboxylic acids is 2. The SMILES string of the molecule is C=CCOC(=O)CN1C(=O)C(C(C)O)C1C(C)C(=O)O. The van der Waals surface area contributed by atoms with Gasteiger partial charge >= 0.3 is 11.9 Å². The molecule has 0 aliphatic carbocycles. The van der Waals surface area contributed by atoms with Gasteiger partial charge in [-0.2, -0.15) is 0 Å². The highest BCUT2D eigenvalue weighted by atomic mass is 16.5. The third-order valence-corrected chi connectivity index (χ3v) is 3.38. The number of likely N-dealkylation sites (tertiary alicyclic amines) is 1. The van der Waals surface area contributed by atoms with Crippen LogP contribution in [0.3, 0.4) is 0 Å². The zero-order valence-corrected chi connectivity index (χ0v) is 11.5. The van der Waals surface area contributed by atoms with Crippen LogP contribution < -0.4 is 0 Å². The molecule has 0 spiro atoms. The first-order valence-corrected chi connectivity index (χ1v) is 6.29. The standard InChI is InChI=1S/C13H19NO6/c1-4-5-20-9(16)6-14-11(7(2)13(18)19)10(8(3)15)12(14)17/h4,7-8,10-11,15H,1,5-6H2,2-3H3,(H,18,19). The number of aliphatic hydroxyl groups is 1. The zero-order chi connectivity index (χ0) is 15.4. The van der Waals surface area contributed by atoms with Gasteiger partial charge in [0.2, 0.25) is 5.91 Å². The molecule has 1 aliphatic heterocycles. The minimum Gasteiger partial charge on any atom is -0.481 e. The number of aliphatic carboxylic acids is 1. The van der Waals surface area contributed by atoms with Crippen LogP contribution in [0.5, 0.6) is 0 Å². The van der Waals surface area contributed by atoms with E-state index in [1.54, 1.807) is 0 Å². The lowest BCUT2D eigenvalue weighted by atomic mass is 9.76. The van der Waals surface area contributed by atoms with E-state index in [-0.39, 0.29) is 13.2 Å². The first kappa shape index (κ1) is 16.2. The molecule has 2 N–H and O–H groups in total. The van der Waals surface area contributed by atoms with Gasteiger partial charge in [-0.15, -0.1) is 0 Å². The summed E-state index contributed by atoms with van der Waals surface area (Å²) in [6, 6.07) is -0.712. The quantitative estimate of drug-likeness (QED) is 0.376. The molecule has 0 aromatic heterocycles. The number of hydrogen-bond acceptors (Lipinski definition) is 5. The molecule has 1 amide bonds. The molecule has 4 atom stereocenters. The van der Waals surface area contributed by atoms with Crippen molar-refractivity contribution in [1.82, 2.24) is 4.90 Å². The monoisotopic (exact) mass is 285 g/mol. The first-order chi connectivity index (χ1) is 9.31. The summed E-state index contributed by atoms with van der Waals surface area (Å²) in [6.45, 7) is 5.97. The Hall–Kier alpha value is -1.89. The lowest BCUT2D eigenvalue weighted by molar-refractivity contribution is -0.178. The number of amides is 1. The number of carbonyl (C=O) groups is 3. The van der Waals surface area contributed by atoms with E-state index < -0.39 is 41.8 Å². The molecule has 112 valence electrons. The van der Waals surface area contributed by atoms with Crippen molar-refractivity contribution in [3.63, 3.8) is 0 Å². The van der Waals surface area contributed by atoms with E-state index in [1.807, 2.05) is 0 Å². The van der Waals surface area contributed by atoms with Gasteiger partial charge in [0.25, 0.3) is 0 Å². The lowest BCUT2D eigenvalue weighted by Crippen LogP contribution is -2.68. The number of esters is 1. The molecule has 1 saturated heterocycles. The molecule has 7 nitrogen and oxygen atoms in total. The smallest absolute Gasteiger partial charge is 0.325 e. The van der Waals surface area contributed by atoms with E-state index in [9.17, 15) is 19.5 Å². The Kier molecular flexibility index (Phi) is 5.26. The lowest BCUT2D eigenvalue weighted by Gasteiger charge is -2.49. The van der Waals surface area contributed by atoms with E-state index in [1.165, 1.54) is 19.9 Å². The van der Waals surface area contributed by atoms with E-state index in [0.717, 1.165) is 4.90 Å². The normalized spacial score (nSPS) is 24.6. The molecule has 0 saturated carbocycles. The van der Waals surface area contributed by atoms with Crippen molar-refractivity contribution in [3.05, 3.63) is 12.7 Å². The fraction of sp³-hybridized carbons (Fsp3) is 0.615. The van der Waals surface area contributed by atoms with E-state index in [2.05, 4.69) is 6.58 Å². The number of ether oxygens (including phenoxy) is 1. The Bertz CT molecular complexity index is 419. The summed E-state index contributed by atoms with van der Waals surface area (Å²) in [4.78, 5) is 35.6. The van der Waals surface area contributed by atoms with Gasteiger partial charge in [0.15, 0.2) is 0 Å². The largest absolute Gasteiger partial charge is 0.481 e. The summed E-state index contributed by atoms with van der Waals surface area (Å²) >= 11 is 0. The second-order valence-electron chi connectivity index (χ2n) is 4.82. The van der Waals surface area contributed by atoms with E-state index >= 15 is 0 Å². The molecular formula is C13H19NO6. The number of hydrogen-bond donors (Lipinski definition) is 2. The number of β-lactam (4-membered cyclic amide) rings is 1. The number of aliphatic hydroxyl groups excluding tert-OH is 1.